The van der Waals surface area contributed by atoms with Crippen molar-refractivity contribution in [3.05, 3.63) is 160 Å². The van der Waals surface area contributed by atoms with E-state index in [2.05, 4.69) is 9.62 Å². The van der Waals surface area contributed by atoms with Gasteiger partial charge in [-0.15, -0.1) is 0 Å². The molecular formula is C42H43ClN2O6S. The van der Waals surface area contributed by atoms with Gasteiger partial charge in [-0.3, -0.25) is 0 Å². The molecule has 2 fully saturated rings. The van der Waals surface area contributed by atoms with Crippen LogP contribution in [0.2, 0.25) is 5.02 Å². The molecule has 0 amide bonds. The molecule has 0 bridgehead atoms. The highest BCUT2D eigenvalue weighted by Crippen LogP contribution is 2.40. The van der Waals surface area contributed by atoms with E-state index in [1.807, 2.05) is 97.1 Å². The van der Waals surface area contributed by atoms with E-state index in [1.54, 1.807) is 30.3 Å². The lowest BCUT2D eigenvalue weighted by molar-refractivity contribution is -0.253. The Bertz CT molecular complexity index is 2040. The van der Waals surface area contributed by atoms with Crippen LogP contribution in [0.1, 0.15) is 59.5 Å². The van der Waals surface area contributed by atoms with Crippen LogP contribution in [0, 0.1) is 0 Å². The van der Waals surface area contributed by atoms with Gasteiger partial charge in [0.15, 0.2) is 6.29 Å². The topological polar surface area (TPSA) is 108 Å². The summed E-state index contributed by atoms with van der Waals surface area (Å²) in [5.41, 5.74) is 5.49. The number of benzene rings is 5. The first kappa shape index (κ1) is 36.5. The summed E-state index contributed by atoms with van der Waals surface area (Å²) in [6, 6.07) is 39.5. The van der Waals surface area contributed by atoms with Gasteiger partial charge in [-0.2, -0.15) is 0 Å². The Morgan fingerprint density at radius 2 is 1.44 bits per heavy atom. The summed E-state index contributed by atoms with van der Waals surface area (Å²) in [6.45, 7) is 2.29. The monoisotopic (exact) mass is 738 g/mol. The summed E-state index contributed by atoms with van der Waals surface area (Å²) in [4.78, 5) is 2.58. The highest BCUT2D eigenvalue weighted by molar-refractivity contribution is 7.89. The molecule has 0 aliphatic carbocycles. The smallest absolute Gasteiger partial charge is 0.240 e. The second-order valence-electron chi connectivity index (χ2n) is 13.6. The number of hydrogen-bond donors (Lipinski definition) is 3. The van der Waals surface area contributed by atoms with Crippen molar-refractivity contribution >= 4 is 21.6 Å². The average molecular weight is 739 g/mol. The third-order valence-corrected chi connectivity index (χ3v) is 11.8. The van der Waals surface area contributed by atoms with E-state index in [0.29, 0.717) is 30.8 Å². The van der Waals surface area contributed by atoms with Crippen LogP contribution in [0.25, 0.3) is 11.1 Å². The number of aliphatic hydroxyl groups is 2. The lowest BCUT2D eigenvalue weighted by atomic mass is 9.84. The van der Waals surface area contributed by atoms with Crippen LogP contribution >= 0.6 is 11.6 Å². The van der Waals surface area contributed by atoms with Gasteiger partial charge >= 0.3 is 0 Å². The summed E-state index contributed by atoms with van der Waals surface area (Å²) in [5, 5.41) is 21.7. The van der Waals surface area contributed by atoms with E-state index < -0.39 is 21.9 Å². The van der Waals surface area contributed by atoms with Crippen LogP contribution in [0.3, 0.4) is 0 Å². The van der Waals surface area contributed by atoms with Gasteiger partial charge in [-0.1, -0.05) is 115 Å². The van der Waals surface area contributed by atoms with Crippen LogP contribution in [0.4, 0.5) is 0 Å². The Hall–Kier alpha value is -3.90. The van der Waals surface area contributed by atoms with E-state index in [0.717, 1.165) is 52.0 Å². The number of halogens is 1. The fourth-order valence-electron chi connectivity index (χ4n) is 7.11. The molecule has 0 unspecified atom stereocenters. The van der Waals surface area contributed by atoms with E-state index in [-0.39, 0.29) is 30.3 Å². The van der Waals surface area contributed by atoms with Gasteiger partial charge < -0.3 is 24.6 Å². The van der Waals surface area contributed by atoms with Gasteiger partial charge in [0.2, 0.25) is 10.0 Å². The molecule has 0 saturated carbocycles. The van der Waals surface area contributed by atoms with E-state index >= 15 is 0 Å². The molecule has 2 aliphatic rings. The zero-order chi connectivity index (χ0) is 36.1. The molecule has 0 aromatic heterocycles. The molecule has 8 nitrogen and oxygen atoms in total. The Morgan fingerprint density at radius 1 is 0.788 bits per heavy atom. The van der Waals surface area contributed by atoms with Crippen molar-refractivity contribution in [2.24, 2.45) is 0 Å². The van der Waals surface area contributed by atoms with E-state index in [4.69, 9.17) is 21.1 Å². The molecule has 7 rings (SSSR count). The van der Waals surface area contributed by atoms with E-state index in [1.165, 1.54) is 0 Å². The van der Waals surface area contributed by atoms with Crippen molar-refractivity contribution < 1.29 is 28.1 Å². The Balaban J connectivity index is 1.06. The van der Waals surface area contributed by atoms with Crippen LogP contribution in [0.15, 0.2) is 132 Å². The number of rotatable bonds is 11. The van der Waals surface area contributed by atoms with Crippen LogP contribution in [-0.4, -0.2) is 49.3 Å². The minimum Gasteiger partial charge on any atom is -0.392 e. The number of sulfonamides is 1. The second-order valence-corrected chi connectivity index (χ2v) is 15.8. The predicted molar refractivity (Wildman–Crippen MR) is 202 cm³/mol. The molecule has 10 heteroatoms. The van der Waals surface area contributed by atoms with Crippen LogP contribution < -0.4 is 4.72 Å². The van der Waals surface area contributed by atoms with Gasteiger partial charge in [0.05, 0.1) is 29.3 Å². The minimum absolute atomic E-state index is 0.0220. The first-order chi connectivity index (χ1) is 25.2. The maximum atomic E-state index is 12.9. The quantitative estimate of drug-likeness (QED) is 0.129. The fourth-order valence-corrected chi connectivity index (χ4v) is 8.26. The molecule has 2 aliphatic heterocycles. The molecule has 5 aromatic rings. The first-order valence-electron chi connectivity index (χ1n) is 17.6. The number of likely N-dealkylation sites (tertiary alicyclic amines) is 1. The third-order valence-electron chi connectivity index (χ3n) is 10.2. The zero-order valence-corrected chi connectivity index (χ0v) is 30.3. The van der Waals surface area contributed by atoms with Gasteiger partial charge in [0.25, 0.3) is 0 Å². The van der Waals surface area contributed by atoms with Crippen LogP contribution in [0.5, 0.6) is 0 Å². The van der Waals surface area contributed by atoms with Gasteiger partial charge in [-0.25, -0.2) is 13.1 Å². The minimum atomic E-state index is -3.66. The van der Waals surface area contributed by atoms with E-state index in [9.17, 15) is 18.6 Å². The van der Waals surface area contributed by atoms with Gasteiger partial charge in [0, 0.05) is 43.2 Å². The number of piperidine rings is 1. The maximum absolute atomic E-state index is 12.9. The standard InChI is InChI=1S/C42H43ClN2O6S/c43-36-20-18-35(19-21-36)42(47)22-24-45(25-23-42)28-37-26-40(32-12-10-30(29-46)11-13-32)51-41(50-37)33-16-14-31(15-17-33)39-9-5-4-6-34(39)27-44-52(48,49)38-7-2-1-3-8-38/h1-21,37,40-41,44,46-47H,22-29H2/t37-,40+,41+/m1/s1. The normalized spacial score (nSPS) is 20.8. The number of hydrogen-bond acceptors (Lipinski definition) is 7. The second kappa shape index (κ2) is 16.0. The van der Waals surface area contributed by atoms with Crippen molar-refractivity contribution in [2.45, 2.75) is 61.4 Å². The molecule has 2 saturated heterocycles. The summed E-state index contributed by atoms with van der Waals surface area (Å²) in [7, 11) is -3.66. The molecule has 2 heterocycles. The fraction of sp³-hybridized carbons (Fsp3) is 0.286. The summed E-state index contributed by atoms with van der Waals surface area (Å²) in [5.74, 6) is 0. The van der Waals surface area contributed by atoms with Crippen molar-refractivity contribution in [1.82, 2.24) is 9.62 Å². The maximum Gasteiger partial charge on any atom is 0.240 e. The van der Waals surface area contributed by atoms with Gasteiger partial charge in [0.1, 0.15) is 0 Å². The zero-order valence-electron chi connectivity index (χ0n) is 28.8. The van der Waals surface area contributed by atoms with Crippen molar-refractivity contribution in [3.63, 3.8) is 0 Å². The van der Waals surface area contributed by atoms with Crippen LogP contribution in [-0.2, 0) is 38.2 Å². The van der Waals surface area contributed by atoms with Crippen molar-refractivity contribution in [3.8, 4) is 11.1 Å². The summed E-state index contributed by atoms with van der Waals surface area (Å²) in [6.07, 6.45) is 0.941. The molecule has 0 radical (unpaired) electrons. The number of nitrogens with one attached hydrogen (secondary N) is 1. The van der Waals surface area contributed by atoms with Crippen molar-refractivity contribution in [2.75, 3.05) is 19.6 Å². The Kier molecular flexibility index (Phi) is 11.2. The molecule has 3 N–H and O–H groups in total. The molecule has 5 aromatic carbocycles. The number of nitrogens with zero attached hydrogens (tertiary/aromatic N) is 1. The first-order valence-corrected chi connectivity index (χ1v) is 19.5. The van der Waals surface area contributed by atoms with Crippen molar-refractivity contribution in [1.29, 1.82) is 0 Å². The summed E-state index contributed by atoms with van der Waals surface area (Å²) < 4.78 is 41.8. The Labute approximate surface area is 310 Å². The third kappa shape index (κ3) is 8.49. The number of ether oxygens (including phenoxy) is 2. The molecule has 0 spiro atoms. The molecule has 3 atom stereocenters. The lowest BCUT2D eigenvalue weighted by Gasteiger charge is -2.42. The highest BCUT2D eigenvalue weighted by atomic mass is 35.5. The molecule has 52 heavy (non-hydrogen) atoms. The summed E-state index contributed by atoms with van der Waals surface area (Å²) >= 11 is 6.09. The largest absolute Gasteiger partial charge is 0.392 e. The highest BCUT2D eigenvalue weighted by Gasteiger charge is 2.37. The Morgan fingerprint density at radius 3 is 2.13 bits per heavy atom. The lowest BCUT2D eigenvalue weighted by Crippen LogP contribution is -2.46. The SMILES string of the molecule is O=S(=O)(NCc1ccccc1-c1ccc([C@H]2O[C@@H](CN3CCC(O)(c4ccc(Cl)cc4)CC3)C[C@@H](c3ccc(CO)cc3)O2)cc1)c1ccccc1. The molecule has 270 valence electrons. The average Bonchev–Trinajstić information content (AvgIpc) is 3.19. The number of aliphatic hydroxyl groups excluding tert-OH is 1. The molecular weight excluding hydrogens is 696 g/mol. The van der Waals surface area contributed by atoms with Gasteiger partial charge in [-0.05, 0) is 70.5 Å². The predicted octanol–water partition coefficient (Wildman–Crippen LogP) is 7.51.